The number of phenolic OH excluding ortho intramolecular Hbond substituents is 2. The number of pyridine rings is 2. The summed E-state index contributed by atoms with van der Waals surface area (Å²) >= 11 is 0. The fourth-order valence-corrected chi connectivity index (χ4v) is 3.53. The van der Waals surface area contributed by atoms with Crippen LogP contribution in [0.5, 0.6) is 17.2 Å². The van der Waals surface area contributed by atoms with Gasteiger partial charge in [-0.15, -0.1) is 0 Å². The number of aromatic hydroxyl groups is 2. The Balaban J connectivity index is 1.90. The maximum absolute atomic E-state index is 11.1. The molecular formula is C24H24N3O3+. The normalized spacial score (nSPS) is 11.9. The summed E-state index contributed by atoms with van der Waals surface area (Å²) in [5.74, 6) is 1.24. The van der Waals surface area contributed by atoms with Gasteiger partial charge in [0.05, 0.1) is 12.8 Å². The zero-order chi connectivity index (χ0) is 21.1. The van der Waals surface area contributed by atoms with Crippen LogP contribution in [-0.4, -0.2) is 21.8 Å². The maximum atomic E-state index is 11.1. The van der Waals surface area contributed by atoms with Gasteiger partial charge in [0.1, 0.15) is 11.3 Å². The van der Waals surface area contributed by atoms with Crippen LogP contribution in [-0.2, 0) is 0 Å². The Morgan fingerprint density at radius 3 is 2.53 bits per heavy atom. The quantitative estimate of drug-likeness (QED) is 0.446. The van der Waals surface area contributed by atoms with Crippen molar-refractivity contribution in [3.05, 3.63) is 83.7 Å². The molecule has 6 nitrogen and oxygen atoms in total. The van der Waals surface area contributed by atoms with E-state index in [0.29, 0.717) is 29.0 Å². The topological polar surface area (TPSA) is 88.8 Å². The van der Waals surface area contributed by atoms with E-state index in [9.17, 15) is 10.2 Å². The van der Waals surface area contributed by atoms with Crippen LogP contribution in [0.1, 0.15) is 29.8 Å². The molecule has 0 saturated heterocycles. The molecule has 0 spiro atoms. The van der Waals surface area contributed by atoms with Gasteiger partial charge in [0.2, 0.25) is 0 Å². The number of aromatic nitrogens is 2. The van der Waals surface area contributed by atoms with Crippen LogP contribution in [0.25, 0.3) is 10.9 Å². The van der Waals surface area contributed by atoms with Crippen molar-refractivity contribution >= 4 is 16.7 Å². The van der Waals surface area contributed by atoms with E-state index in [1.807, 2.05) is 68.4 Å². The lowest BCUT2D eigenvalue weighted by Gasteiger charge is -2.20. The van der Waals surface area contributed by atoms with Crippen molar-refractivity contribution in [3.63, 3.8) is 0 Å². The molecule has 0 aliphatic carbocycles. The lowest BCUT2D eigenvalue weighted by Crippen LogP contribution is -2.19. The standard InChI is InChI=1S/C24H23N3O3/c1-3-30-19-8-6-7-17(23(19)28)22(27-20-9-4-5-14-25-20)18-13-12-16-11-10-15(2)26-21(16)24(18)29/h4-14,22,28-29H,3H2,1-2H3,(H,25,27)/p+1/t22-/m0/s1. The van der Waals surface area contributed by atoms with E-state index < -0.39 is 6.04 Å². The van der Waals surface area contributed by atoms with Crippen molar-refractivity contribution < 1.29 is 19.9 Å². The summed E-state index contributed by atoms with van der Waals surface area (Å²) in [7, 11) is 0. The minimum atomic E-state index is -0.546. The number of phenols is 2. The Kier molecular flexibility index (Phi) is 5.39. The van der Waals surface area contributed by atoms with Gasteiger partial charge in [-0.2, -0.15) is 0 Å². The molecule has 4 aromatic rings. The molecule has 0 bridgehead atoms. The average Bonchev–Trinajstić information content (AvgIpc) is 2.76. The van der Waals surface area contributed by atoms with Gasteiger partial charge in [-0.25, -0.2) is 9.97 Å². The number of benzene rings is 2. The van der Waals surface area contributed by atoms with Crippen molar-refractivity contribution in [2.45, 2.75) is 19.9 Å². The highest BCUT2D eigenvalue weighted by molar-refractivity contribution is 5.86. The van der Waals surface area contributed by atoms with Gasteiger partial charge in [0.25, 0.3) is 5.82 Å². The first-order valence-electron chi connectivity index (χ1n) is 9.85. The fraction of sp³-hybridized carbons (Fsp3) is 0.167. The van der Waals surface area contributed by atoms with E-state index in [1.165, 1.54) is 0 Å². The van der Waals surface area contributed by atoms with E-state index in [2.05, 4.69) is 15.3 Å². The number of fused-ring (bicyclic) bond motifs is 1. The van der Waals surface area contributed by atoms with Gasteiger partial charge in [-0.05, 0) is 38.1 Å². The lowest BCUT2D eigenvalue weighted by atomic mass is 9.95. The van der Waals surface area contributed by atoms with Gasteiger partial charge in [-0.1, -0.05) is 30.3 Å². The van der Waals surface area contributed by atoms with Gasteiger partial charge in [-0.3, -0.25) is 5.32 Å². The van der Waals surface area contributed by atoms with Crippen LogP contribution in [0.2, 0.25) is 0 Å². The van der Waals surface area contributed by atoms with Crippen molar-refractivity contribution in [2.75, 3.05) is 11.9 Å². The van der Waals surface area contributed by atoms with Crippen LogP contribution in [0, 0.1) is 6.92 Å². The number of para-hydroxylation sites is 1. The molecular weight excluding hydrogens is 378 g/mol. The van der Waals surface area contributed by atoms with Crippen LogP contribution in [0.4, 0.5) is 5.82 Å². The van der Waals surface area contributed by atoms with Gasteiger partial charge < -0.3 is 14.9 Å². The predicted octanol–water partition coefficient (Wildman–Crippen LogP) is 4.37. The Morgan fingerprint density at radius 2 is 1.77 bits per heavy atom. The first-order chi connectivity index (χ1) is 14.6. The summed E-state index contributed by atoms with van der Waals surface area (Å²) in [6, 6.07) is 18.1. The van der Waals surface area contributed by atoms with Crippen LogP contribution in [0.15, 0.2) is 66.9 Å². The summed E-state index contributed by atoms with van der Waals surface area (Å²) in [4.78, 5) is 7.66. The molecule has 4 N–H and O–H groups in total. The Morgan fingerprint density at radius 1 is 0.967 bits per heavy atom. The number of hydrogen-bond donors (Lipinski definition) is 3. The van der Waals surface area contributed by atoms with E-state index in [-0.39, 0.29) is 11.5 Å². The highest BCUT2D eigenvalue weighted by Gasteiger charge is 2.28. The SMILES string of the molecule is CCOc1cccc([C@H](Nc2cccc[nH+]2)c2ccc3ccc(C)nc3c2O)c1O. The number of rotatable bonds is 6. The largest absolute Gasteiger partial charge is 0.505 e. The number of aryl methyl sites for hydroxylation is 1. The second kappa shape index (κ2) is 8.29. The zero-order valence-electron chi connectivity index (χ0n) is 16.9. The molecule has 0 unspecified atom stereocenters. The summed E-state index contributed by atoms with van der Waals surface area (Å²) in [6.07, 6.45) is 1.81. The molecule has 30 heavy (non-hydrogen) atoms. The van der Waals surface area contributed by atoms with Gasteiger partial charge >= 0.3 is 0 Å². The third-order valence-corrected chi connectivity index (χ3v) is 4.97. The molecule has 0 saturated carbocycles. The number of anilines is 1. The average molecular weight is 402 g/mol. The second-order valence-corrected chi connectivity index (χ2v) is 7.01. The number of nitrogens with one attached hydrogen (secondary N) is 2. The number of ether oxygens (including phenoxy) is 1. The van der Waals surface area contributed by atoms with Gasteiger partial charge in [0, 0.05) is 28.3 Å². The van der Waals surface area contributed by atoms with Crippen molar-refractivity contribution in [1.29, 1.82) is 0 Å². The molecule has 0 fully saturated rings. The summed E-state index contributed by atoms with van der Waals surface area (Å²) in [5, 5.41) is 26.3. The van der Waals surface area contributed by atoms with Crippen molar-refractivity contribution in [3.8, 4) is 17.2 Å². The van der Waals surface area contributed by atoms with Crippen LogP contribution >= 0.6 is 0 Å². The third-order valence-electron chi connectivity index (χ3n) is 4.97. The number of aromatic amines is 1. The number of nitrogens with zero attached hydrogens (tertiary/aromatic N) is 1. The van der Waals surface area contributed by atoms with Crippen LogP contribution < -0.4 is 15.0 Å². The minimum Gasteiger partial charge on any atom is -0.505 e. The molecule has 2 aromatic carbocycles. The van der Waals surface area contributed by atoms with E-state index in [1.54, 1.807) is 12.3 Å². The van der Waals surface area contributed by atoms with Crippen molar-refractivity contribution in [2.24, 2.45) is 0 Å². The Hall–Kier alpha value is -3.80. The highest BCUT2D eigenvalue weighted by Crippen LogP contribution is 2.41. The molecule has 4 rings (SSSR count). The third kappa shape index (κ3) is 3.72. The molecule has 0 aliphatic rings. The highest BCUT2D eigenvalue weighted by atomic mass is 16.5. The molecule has 1 atom stereocenters. The molecule has 0 aliphatic heterocycles. The zero-order valence-corrected chi connectivity index (χ0v) is 16.9. The maximum Gasteiger partial charge on any atom is 0.272 e. The Bertz CT molecular complexity index is 1180. The number of H-pyrrole nitrogens is 1. The molecule has 6 heteroatoms. The molecule has 2 heterocycles. The predicted molar refractivity (Wildman–Crippen MR) is 116 cm³/mol. The monoisotopic (exact) mass is 402 g/mol. The van der Waals surface area contributed by atoms with E-state index in [4.69, 9.17) is 4.74 Å². The molecule has 2 aromatic heterocycles. The second-order valence-electron chi connectivity index (χ2n) is 7.01. The smallest absolute Gasteiger partial charge is 0.272 e. The van der Waals surface area contributed by atoms with Gasteiger partial charge in [0.15, 0.2) is 17.5 Å². The molecule has 0 radical (unpaired) electrons. The fourth-order valence-electron chi connectivity index (χ4n) is 3.53. The van der Waals surface area contributed by atoms with Crippen molar-refractivity contribution in [1.82, 2.24) is 4.98 Å². The van der Waals surface area contributed by atoms with E-state index >= 15 is 0 Å². The molecule has 152 valence electrons. The summed E-state index contributed by atoms with van der Waals surface area (Å²) in [6.45, 7) is 4.19. The number of hydrogen-bond acceptors (Lipinski definition) is 5. The minimum absolute atomic E-state index is 0.0319. The van der Waals surface area contributed by atoms with E-state index in [0.717, 1.165) is 16.9 Å². The first-order valence-corrected chi connectivity index (χ1v) is 9.85. The Labute approximate surface area is 174 Å². The summed E-state index contributed by atoms with van der Waals surface area (Å²) < 4.78 is 5.57. The summed E-state index contributed by atoms with van der Waals surface area (Å²) in [5.41, 5.74) is 2.52. The molecule has 0 amide bonds. The van der Waals surface area contributed by atoms with Crippen LogP contribution in [0.3, 0.4) is 0 Å². The lowest BCUT2D eigenvalue weighted by molar-refractivity contribution is -0.361. The first kappa shape index (κ1) is 19.5.